The molecule has 0 unspecified atom stereocenters. The van der Waals surface area contributed by atoms with E-state index < -0.39 is 0 Å². The second-order valence-corrected chi connectivity index (χ2v) is 7.47. The lowest BCUT2D eigenvalue weighted by Crippen LogP contribution is -2.39. The van der Waals surface area contributed by atoms with Crippen LogP contribution in [0.3, 0.4) is 0 Å². The lowest BCUT2D eigenvalue weighted by molar-refractivity contribution is 0.0133. The Hall–Kier alpha value is -0.980. The van der Waals surface area contributed by atoms with E-state index in [4.69, 9.17) is 4.74 Å². The van der Waals surface area contributed by atoms with Crippen LogP contribution in [0, 0.1) is 17.8 Å². The van der Waals surface area contributed by atoms with Crippen molar-refractivity contribution in [3.8, 4) is 5.75 Å². The zero-order valence-corrected chi connectivity index (χ0v) is 12.4. The zero-order chi connectivity index (χ0) is 13.4. The SMILES string of the molecule is Cc1ccc(OC2CC(C)(C)CC(C)(C)C2)cc1. The van der Waals surface area contributed by atoms with E-state index in [1.54, 1.807) is 0 Å². The van der Waals surface area contributed by atoms with E-state index in [2.05, 4.69) is 58.9 Å². The minimum absolute atomic E-state index is 0.353. The van der Waals surface area contributed by atoms with Gasteiger partial charge in [-0.15, -0.1) is 0 Å². The second-order valence-electron chi connectivity index (χ2n) is 7.47. The van der Waals surface area contributed by atoms with Crippen LogP contribution in [0.5, 0.6) is 5.75 Å². The van der Waals surface area contributed by atoms with Crippen molar-refractivity contribution in [1.29, 1.82) is 0 Å². The van der Waals surface area contributed by atoms with Crippen molar-refractivity contribution in [2.45, 2.75) is 60.0 Å². The second kappa shape index (κ2) is 4.60. The van der Waals surface area contributed by atoms with Gasteiger partial charge in [-0.3, -0.25) is 0 Å². The molecule has 18 heavy (non-hydrogen) atoms. The summed E-state index contributed by atoms with van der Waals surface area (Å²) in [5.41, 5.74) is 2.06. The third kappa shape index (κ3) is 3.51. The van der Waals surface area contributed by atoms with E-state index in [0.29, 0.717) is 16.9 Å². The Kier molecular flexibility index (Phi) is 3.44. The minimum atomic E-state index is 0.353. The molecule has 1 saturated carbocycles. The van der Waals surface area contributed by atoms with Gasteiger partial charge in [0.25, 0.3) is 0 Å². The Morgan fingerprint density at radius 2 is 1.44 bits per heavy atom. The molecule has 1 aromatic rings. The molecule has 2 rings (SSSR count). The van der Waals surface area contributed by atoms with Crippen LogP contribution in [-0.2, 0) is 0 Å². The molecule has 1 aliphatic carbocycles. The predicted molar refractivity (Wildman–Crippen MR) is 77.0 cm³/mol. The summed E-state index contributed by atoms with van der Waals surface area (Å²) in [7, 11) is 0. The summed E-state index contributed by atoms with van der Waals surface area (Å²) in [6.07, 6.45) is 3.95. The molecule has 0 aromatic heterocycles. The molecule has 1 fully saturated rings. The standard InChI is InChI=1S/C17H26O/c1-13-6-8-14(9-7-13)18-15-10-16(2,3)12-17(4,5)11-15/h6-9,15H,10-12H2,1-5H3. The monoisotopic (exact) mass is 246 g/mol. The van der Waals surface area contributed by atoms with Gasteiger partial charge < -0.3 is 4.74 Å². The van der Waals surface area contributed by atoms with Crippen LogP contribution in [0.15, 0.2) is 24.3 Å². The summed E-state index contributed by atoms with van der Waals surface area (Å²) in [6.45, 7) is 11.5. The number of benzene rings is 1. The van der Waals surface area contributed by atoms with Crippen molar-refractivity contribution >= 4 is 0 Å². The van der Waals surface area contributed by atoms with E-state index in [9.17, 15) is 0 Å². The largest absolute Gasteiger partial charge is 0.490 e. The van der Waals surface area contributed by atoms with Gasteiger partial charge in [-0.1, -0.05) is 45.4 Å². The van der Waals surface area contributed by atoms with Gasteiger partial charge in [-0.25, -0.2) is 0 Å². The van der Waals surface area contributed by atoms with E-state index in [1.165, 1.54) is 12.0 Å². The highest BCUT2D eigenvalue weighted by atomic mass is 16.5. The highest BCUT2D eigenvalue weighted by molar-refractivity contribution is 5.26. The van der Waals surface area contributed by atoms with Gasteiger partial charge in [0.2, 0.25) is 0 Å². The average Bonchev–Trinajstić information content (AvgIpc) is 2.16. The first-order chi connectivity index (χ1) is 8.26. The molecule has 0 amide bonds. The molecular weight excluding hydrogens is 220 g/mol. The molecule has 1 heteroatoms. The van der Waals surface area contributed by atoms with Crippen LogP contribution in [-0.4, -0.2) is 6.10 Å². The maximum absolute atomic E-state index is 6.18. The van der Waals surface area contributed by atoms with Gasteiger partial charge in [0.05, 0.1) is 6.10 Å². The van der Waals surface area contributed by atoms with Crippen molar-refractivity contribution in [3.63, 3.8) is 0 Å². The number of aryl methyl sites for hydroxylation is 1. The topological polar surface area (TPSA) is 9.23 Å². The first kappa shape index (κ1) is 13.5. The molecule has 1 aliphatic rings. The Morgan fingerprint density at radius 1 is 0.944 bits per heavy atom. The van der Waals surface area contributed by atoms with E-state index in [1.807, 2.05) is 0 Å². The number of hydrogen-bond acceptors (Lipinski definition) is 1. The van der Waals surface area contributed by atoms with Crippen LogP contribution in [0.4, 0.5) is 0 Å². The number of hydrogen-bond donors (Lipinski definition) is 0. The van der Waals surface area contributed by atoms with Crippen molar-refractivity contribution in [3.05, 3.63) is 29.8 Å². The molecule has 0 heterocycles. The highest BCUT2D eigenvalue weighted by Crippen LogP contribution is 2.46. The van der Waals surface area contributed by atoms with Gasteiger partial charge in [-0.05, 0) is 49.1 Å². The van der Waals surface area contributed by atoms with Crippen molar-refractivity contribution in [2.24, 2.45) is 10.8 Å². The molecule has 0 radical (unpaired) electrons. The zero-order valence-electron chi connectivity index (χ0n) is 12.4. The maximum Gasteiger partial charge on any atom is 0.119 e. The van der Waals surface area contributed by atoms with Gasteiger partial charge in [0.1, 0.15) is 5.75 Å². The van der Waals surface area contributed by atoms with Gasteiger partial charge in [0, 0.05) is 0 Å². The minimum Gasteiger partial charge on any atom is -0.490 e. The molecule has 0 N–H and O–H groups in total. The Morgan fingerprint density at radius 3 is 1.94 bits per heavy atom. The maximum atomic E-state index is 6.18. The Bertz CT molecular complexity index is 384. The molecule has 0 atom stereocenters. The fraction of sp³-hybridized carbons (Fsp3) is 0.647. The third-order valence-electron chi connectivity index (χ3n) is 3.84. The van der Waals surface area contributed by atoms with E-state index >= 15 is 0 Å². The summed E-state index contributed by atoms with van der Waals surface area (Å²) in [4.78, 5) is 0. The Labute approximate surface area is 112 Å². The van der Waals surface area contributed by atoms with Crippen LogP contribution >= 0.6 is 0 Å². The van der Waals surface area contributed by atoms with Gasteiger partial charge in [-0.2, -0.15) is 0 Å². The predicted octanol–water partition coefficient (Wildman–Crippen LogP) is 4.98. The fourth-order valence-corrected chi connectivity index (χ4v) is 3.64. The van der Waals surface area contributed by atoms with Crippen LogP contribution in [0.1, 0.15) is 52.5 Å². The normalized spacial score (nSPS) is 22.7. The molecular formula is C17H26O. The number of rotatable bonds is 2. The summed E-state index contributed by atoms with van der Waals surface area (Å²) in [5.74, 6) is 1.01. The lowest BCUT2D eigenvalue weighted by atomic mass is 9.64. The molecule has 0 bridgehead atoms. The molecule has 1 nitrogen and oxygen atoms in total. The average molecular weight is 246 g/mol. The summed E-state index contributed by atoms with van der Waals surface area (Å²) in [6, 6.07) is 8.41. The summed E-state index contributed by atoms with van der Waals surface area (Å²) in [5, 5.41) is 0. The van der Waals surface area contributed by atoms with Crippen molar-refractivity contribution in [1.82, 2.24) is 0 Å². The van der Waals surface area contributed by atoms with Crippen LogP contribution < -0.4 is 4.74 Å². The fourth-order valence-electron chi connectivity index (χ4n) is 3.64. The van der Waals surface area contributed by atoms with Crippen LogP contribution in [0.2, 0.25) is 0 Å². The smallest absolute Gasteiger partial charge is 0.119 e. The molecule has 0 saturated heterocycles. The van der Waals surface area contributed by atoms with E-state index in [-0.39, 0.29) is 0 Å². The van der Waals surface area contributed by atoms with Crippen molar-refractivity contribution < 1.29 is 4.74 Å². The molecule has 100 valence electrons. The van der Waals surface area contributed by atoms with Crippen LogP contribution in [0.25, 0.3) is 0 Å². The van der Waals surface area contributed by atoms with Crippen molar-refractivity contribution in [2.75, 3.05) is 0 Å². The van der Waals surface area contributed by atoms with E-state index in [0.717, 1.165) is 18.6 Å². The third-order valence-corrected chi connectivity index (χ3v) is 3.84. The van der Waals surface area contributed by atoms with Gasteiger partial charge in [0.15, 0.2) is 0 Å². The first-order valence-electron chi connectivity index (χ1n) is 6.99. The highest BCUT2D eigenvalue weighted by Gasteiger charge is 2.39. The quantitative estimate of drug-likeness (QED) is 0.715. The lowest BCUT2D eigenvalue weighted by Gasteiger charge is -2.44. The first-order valence-corrected chi connectivity index (χ1v) is 6.99. The summed E-state index contributed by atoms with van der Waals surface area (Å²) >= 11 is 0. The molecule has 0 spiro atoms. The molecule has 0 aliphatic heterocycles. The summed E-state index contributed by atoms with van der Waals surface area (Å²) < 4.78 is 6.18. The number of ether oxygens (including phenoxy) is 1. The molecule has 1 aromatic carbocycles. The Balaban J connectivity index is 2.07. The van der Waals surface area contributed by atoms with Gasteiger partial charge >= 0.3 is 0 Å².